The van der Waals surface area contributed by atoms with Crippen molar-refractivity contribution in [3.8, 4) is 0 Å². The van der Waals surface area contributed by atoms with Crippen LogP contribution >= 0.6 is 0 Å². The summed E-state index contributed by atoms with van der Waals surface area (Å²) in [5.41, 5.74) is 0.439. The molecule has 0 amide bonds. The van der Waals surface area contributed by atoms with E-state index in [2.05, 4.69) is 19.2 Å². The van der Waals surface area contributed by atoms with Gasteiger partial charge in [0.2, 0.25) is 0 Å². The Labute approximate surface area is 207 Å². The molecule has 4 unspecified atom stereocenters. The Morgan fingerprint density at radius 3 is 2.59 bits per heavy atom. The van der Waals surface area contributed by atoms with Gasteiger partial charge < -0.3 is 19.9 Å². The van der Waals surface area contributed by atoms with E-state index in [1.165, 1.54) is 71.3 Å². The first-order chi connectivity index (χ1) is 16.4. The topological polar surface area (TPSA) is 67.8 Å². The zero-order chi connectivity index (χ0) is 23.9. The fourth-order valence-corrected chi connectivity index (χ4v) is 9.74. The highest BCUT2D eigenvalue weighted by atomic mass is 16.5. The van der Waals surface area contributed by atoms with Gasteiger partial charge in [0.15, 0.2) is 0 Å². The molecule has 194 valence electrons. The molecule has 0 bridgehead atoms. The van der Waals surface area contributed by atoms with Crippen LogP contribution in [0.4, 0.5) is 0 Å². The van der Waals surface area contributed by atoms with Crippen molar-refractivity contribution in [2.45, 2.75) is 116 Å². The highest BCUT2D eigenvalue weighted by Gasteiger charge is 2.63. The normalized spacial score (nSPS) is 46.9. The molecular weight excluding hydrogens is 426 g/mol. The smallest absolute Gasteiger partial charge is 0.311 e. The monoisotopic (exact) mass is 475 g/mol. The summed E-state index contributed by atoms with van der Waals surface area (Å²) in [5.74, 6) is 1.81. The van der Waals surface area contributed by atoms with Crippen molar-refractivity contribution in [2.24, 2.45) is 40.4 Å². The maximum atomic E-state index is 12.6. The van der Waals surface area contributed by atoms with E-state index in [1.807, 2.05) is 0 Å². The molecule has 5 nitrogen and oxygen atoms in total. The Kier molecular flexibility index (Phi) is 7.37. The molecule has 5 heteroatoms. The average molecular weight is 476 g/mol. The lowest BCUT2D eigenvalue weighted by Gasteiger charge is -2.63. The third kappa shape index (κ3) is 4.47. The van der Waals surface area contributed by atoms with Crippen molar-refractivity contribution >= 4 is 5.97 Å². The van der Waals surface area contributed by atoms with Crippen molar-refractivity contribution in [3.05, 3.63) is 0 Å². The van der Waals surface area contributed by atoms with Gasteiger partial charge in [0.05, 0.1) is 31.8 Å². The number of fused-ring (bicyclic) bond motifs is 5. The average Bonchev–Trinajstić information content (AvgIpc) is 3.23. The molecule has 5 saturated carbocycles. The minimum Gasteiger partial charge on any atom is -0.469 e. The van der Waals surface area contributed by atoms with Crippen molar-refractivity contribution in [1.82, 2.24) is 5.32 Å². The molecule has 0 radical (unpaired) electrons. The van der Waals surface area contributed by atoms with Gasteiger partial charge in [-0.25, -0.2) is 0 Å². The van der Waals surface area contributed by atoms with Gasteiger partial charge >= 0.3 is 5.97 Å². The van der Waals surface area contributed by atoms with Crippen LogP contribution in [-0.4, -0.2) is 49.6 Å². The molecule has 5 fully saturated rings. The lowest BCUT2D eigenvalue weighted by Crippen LogP contribution is -2.60. The lowest BCUT2D eigenvalue weighted by molar-refractivity contribution is -0.201. The van der Waals surface area contributed by atoms with Crippen LogP contribution in [0.3, 0.4) is 0 Å². The molecule has 0 aliphatic heterocycles. The molecule has 5 rings (SSSR count). The summed E-state index contributed by atoms with van der Waals surface area (Å²) in [6.07, 6.45) is 15.6. The number of hydrogen-bond donors (Lipinski definition) is 2. The van der Waals surface area contributed by atoms with Gasteiger partial charge in [0.1, 0.15) is 0 Å². The number of ether oxygens (including phenoxy) is 2. The number of carbonyl (C=O) groups excluding carboxylic acids is 1. The molecule has 5 aliphatic rings. The van der Waals surface area contributed by atoms with Crippen LogP contribution in [0, 0.1) is 40.4 Å². The SMILES string of the molecule is COC(=O)C1C[C@@]2(C)C(CC[C@@H]3[C@H]2C(OCCNC2CCCCC2)C[C@]2(C)CCC[C@@H]32)CC1O. The van der Waals surface area contributed by atoms with E-state index in [-0.39, 0.29) is 17.5 Å². The molecule has 0 heterocycles. The molecule has 34 heavy (non-hydrogen) atoms. The Morgan fingerprint density at radius 2 is 1.82 bits per heavy atom. The summed E-state index contributed by atoms with van der Waals surface area (Å²) in [5, 5.41) is 14.6. The third-order valence-electron chi connectivity index (χ3n) is 11.4. The van der Waals surface area contributed by atoms with Gasteiger partial charge in [-0.1, -0.05) is 39.5 Å². The summed E-state index contributed by atoms with van der Waals surface area (Å²) >= 11 is 0. The quantitative estimate of drug-likeness (QED) is 0.413. The molecule has 0 saturated heterocycles. The van der Waals surface area contributed by atoms with Gasteiger partial charge in [0, 0.05) is 12.6 Å². The standard InChI is InChI=1S/C29H49NO4/c1-28-13-7-10-23(28)21-12-11-19-16-24(31)22(27(32)33-3)17-29(19,2)26(21)25(18-28)34-15-14-30-20-8-5-4-6-9-20/h19-26,30-31H,4-18H2,1-3H3/t19?,21-,22?,23-,24?,25?,26-,28-,29-/m0/s1. The van der Waals surface area contributed by atoms with Gasteiger partial charge in [-0.05, 0) is 92.3 Å². The summed E-state index contributed by atoms with van der Waals surface area (Å²) in [6, 6.07) is 0.672. The molecule has 0 aromatic heterocycles. The Balaban J connectivity index is 1.34. The van der Waals surface area contributed by atoms with Gasteiger partial charge in [-0.15, -0.1) is 0 Å². The van der Waals surface area contributed by atoms with Crippen LogP contribution in [0.2, 0.25) is 0 Å². The number of aliphatic hydroxyl groups excluding tert-OH is 1. The van der Waals surface area contributed by atoms with Crippen molar-refractivity contribution < 1.29 is 19.4 Å². The lowest BCUT2D eigenvalue weighted by atomic mass is 9.43. The second-order valence-corrected chi connectivity index (χ2v) is 13.2. The largest absolute Gasteiger partial charge is 0.469 e. The van der Waals surface area contributed by atoms with E-state index >= 15 is 0 Å². The first kappa shape index (κ1) is 25.0. The van der Waals surface area contributed by atoms with Crippen LogP contribution in [-0.2, 0) is 14.3 Å². The Hall–Kier alpha value is -0.650. The van der Waals surface area contributed by atoms with Crippen molar-refractivity contribution in [3.63, 3.8) is 0 Å². The maximum Gasteiger partial charge on any atom is 0.311 e. The minimum atomic E-state index is -0.568. The van der Waals surface area contributed by atoms with Gasteiger partial charge in [-0.3, -0.25) is 4.79 Å². The van der Waals surface area contributed by atoms with E-state index in [9.17, 15) is 9.90 Å². The zero-order valence-corrected chi connectivity index (χ0v) is 21.9. The number of aliphatic hydroxyl groups is 1. The van der Waals surface area contributed by atoms with Crippen LogP contribution < -0.4 is 5.32 Å². The maximum absolute atomic E-state index is 12.6. The summed E-state index contributed by atoms with van der Waals surface area (Å²) in [6.45, 7) is 6.70. The molecule has 0 spiro atoms. The van der Waals surface area contributed by atoms with E-state index in [0.717, 1.165) is 38.3 Å². The minimum absolute atomic E-state index is 0.0341. The predicted molar refractivity (Wildman–Crippen MR) is 133 cm³/mol. The highest BCUT2D eigenvalue weighted by molar-refractivity contribution is 5.73. The zero-order valence-electron chi connectivity index (χ0n) is 21.9. The van der Waals surface area contributed by atoms with E-state index in [4.69, 9.17) is 9.47 Å². The number of nitrogens with one attached hydrogen (secondary N) is 1. The van der Waals surface area contributed by atoms with Crippen LogP contribution in [0.1, 0.15) is 97.3 Å². The summed E-state index contributed by atoms with van der Waals surface area (Å²) < 4.78 is 12.0. The Morgan fingerprint density at radius 1 is 1.03 bits per heavy atom. The fraction of sp³-hybridized carbons (Fsp3) is 0.966. The van der Waals surface area contributed by atoms with Crippen molar-refractivity contribution in [1.29, 1.82) is 0 Å². The first-order valence-electron chi connectivity index (χ1n) is 14.5. The van der Waals surface area contributed by atoms with Crippen molar-refractivity contribution in [2.75, 3.05) is 20.3 Å². The van der Waals surface area contributed by atoms with E-state index in [0.29, 0.717) is 29.2 Å². The van der Waals surface area contributed by atoms with Gasteiger partial charge in [0.25, 0.3) is 0 Å². The Bertz CT molecular complexity index is 723. The molecule has 2 N–H and O–H groups in total. The predicted octanol–water partition coefficient (Wildman–Crippen LogP) is 5.10. The van der Waals surface area contributed by atoms with Crippen LogP contribution in [0.5, 0.6) is 0 Å². The molecular formula is C29H49NO4. The van der Waals surface area contributed by atoms with E-state index < -0.39 is 12.0 Å². The number of carbonyl (C=O) groups is 1. The van der Waals surface area contributed by atoms with Crippen LogP contribution in [0.15, 0.2) is 0 Å². The second kappa shape index (κ2) is 10.0. The number of hydrogen-bond acceptors (Lipinski definition) is 5. The van der Waals surface area contributed by atoms with E-state index in [1.54, 1.807) is 0 Å². The molecule has 9 atom stereocenters. The molecule has 0 aromatic rings. The highest BCUT2D eigenvalue weighted by Crippen LogP contribution is 2.67. The number of esters is 1. The fourth-order valence-electron chi connectivity index (χ4n) is 9.74. The third-order valence-corrected chi connectivity index (χ3v) is 11.4. The molecule has 5 aliphatic carbocycles. The van der Waals surface area contributed by atoms with Crippen LogP contribution in [0.25, 0.3) is 0 Å². The summed E-state index contributed by atoms with van der Waals surface area (Å²) in [4.78, 5) is 12.6. The second-order valence-electron chi connectivity index (χ2n) is 13.2. The number of methoxy groups -OCH3 is 1. The van der Waals surface area contributed by atoms with Gasteiger partial charge in [-0.2, -0.15) is 0 Å². The molecule has 0 aromatic carbocycles. The number of rotatable bonds is 6. The first-order valence-corrected chi connectivity index (χ1v) is 14.5. The summed E-state index contributed by atoms with van der Waals surface area (Å²) in [7, 11) is 1.46.